The lowest BCUT2D eigenvalue weighted by Gasteiger charge is -2.30. The van der Waals surface area contributed by atoms with Crippen LogP contribution in [-0.2, 0) is 9.53 Å². The summed E-state index contributed by atoms with van der Waals surface area (Å²) >= 11 is 0. The molecule has 0 radical (unpaired) electrons. The van der Waals surface area contributed by atoms with Crippen molar-refractivity contribution in [2.45, 2.75) is 46.0 Å². The molecule has 152 valence electrons. The Morgan fingerprint density at radius 2 is 2.00 bits per heavy atom. The normalized spacial score (nSPS) is 22.2. The Labute approximate surface area is 176 Å². The number of hydrogen-bond acceptors (Lipinski definition) is 3. The third kappa shape index (κ3) is 5.97. The highest BCUT2D eigenvalue weighted by Gasteiger charge is 2.42. The second-order valence-electron chi connectivity index (χ2n) is 7.62. The van der Waals surface area contributed by atoms with E-state index in [1.807, 2.05) is 21.0 Å². The molecular formula is C19H37IN4O2. The Morgan fingerprint density at radius 3 is 2.58 bits per heavy atom. The molecule has 0 spiro atoms. The van der Waals surface area contributed by atoms with Crippen LogP contribution in [0.15, 0.2) is 4.99 Å². The summed E-state index contributed by atoms with van der Waals surface area (Å²) in [5, 5.41) is 3.42. The number of nitrogens with one attached hydrogen (secondary N) is 1. The number of rotatable bonds is 7. The van der Waals surface area contributed by atoms with Crippen LogP contribution >= 0.6 is 24.0 Å². The van der Waals surface area contributed by atoms with Crippen molar-refractivity contribution in [3.05, 3.63) is 0 Å². The van der Waals surface area contributed by atoms with E-state index in [1.165, 1.54) is 0 Å². The highest BCUT2D eigenvalue weighted by atomic mass is 127. The van der Waals surface area contributed by atoms with E-state index in [9.17, 15) is 4.79 Å². The molecule has 1 amide bonds. The molecule has 1 unspecified atom stereocenters. The van der Waals surface area contributed by atoms with Crippen molar-refractivity contribution >= 4 is 35.8 Å². The average molecular weight is 480 g/mol. The maximum absolute atomic E-state index is 12.7. The molecule has 0 bridgehead atoms. The first kappa shape index (κ1) is 23.5. The van der Waals surface area contributed by atoms with Gasteiger partial charge in [-0.15, -0.1) is 24.0 Å². The molecular weight excluding hydrogens is 443 g/mol. The predicted molar refractivity (Wildman–Crippen MR) is 117 cm³/mol. The minimum atomic E-state index is -0.297. The summed E-state index contributed by atoms with van der Waals surface area (Å²) in [4.78, 5) is 21.7. The van der Waals surface area contributed by atoms with Crippen LogP contribution in [0.2, 0.25) is 0 Å². The van der Waals surface area contributed by atoms with E-state index in [4.69, 9.17) is 9.73 Å². The molecule has 6 nitrogen and oxygen atoms in total. The lowest BCUT2D eigenvalue weighted by Crippen LogP contribution is -2.44. The number of aliphatic imine (C=N–C) groups is 1. The van der Waals surface area contributed by atoms with Gasteiger partial charge in [0.15, 0.2) is 5.96 Å². The first-order chi connectivity index (χ1) is 12.0. The highest BCUT2D eigenvalue weighted by molar-refractivity contribution is 14.0. The summed E-state index contributed by atoms with van der Waals surface area (Å²) in [6.45, 7) is 9.19. The van der Waals surface area contributed by atoms with Crippen LogP contribution in [-0.4, -0.2) is 75.2 Å². The van der Waals surface area contributed by atoms with Gasteiger partial charge in [-0.25, -0.2) is 0 Å². The van der Waals surface area contributed by atoms with Gasteiger partial charge in [-0.2, -0.15) is 0 Å². The Kier molecular flexibility index (Phi) is 10.2. The maximum atomic E-state index is 12.7. The molecule has 2 fully saturated rings. The van der Waals surface area contributed by atoms with Crippen LogP contribution in [0.4, 0.5) is 0 Å². The van der Waals surface area contributed by atoms with Crippen LogP contribution < -0.4 is 5.32 Å². The molecule has 1 heterocycles. The van der Waals surface area contributed by atoms with Gasteiger partial charge in [0.1, 0.15) is 0 Å². The number of carbonyl (C=O) groups is 1. The zero-order valence-electron chi connectivity index (χ0n) is 16.9. The van der Waals surface area contributed by atoms with E-state index in [2.05, 4.69) is 17.1 Å². The first-order valence-electron chi connectivity index (χ1n) is 9.85. The number of ether oxygens (including phenoxy) is 1. The second kappa shape index (κ2) is 11.3. The molecule has 0 aromatic rings. The van der Waals surface area contributed by atoms with Gasteiger partial charge in [0.05, 0.1) is 18.6 Å². The molecule has 1 atom stereocenters. The Morgan fingerprint density at radius 1 is 1.31 bits per heavy atom. The Bertz CT molecular complexity index is 464. The van der Waals surface area contributed by atoms with E-state index in [0.717, 1.165) is 70.9 Å². The third-order valence-electron chi connectivity index (χ3n) is 5.43. The monoisotopic (exact) mass is 480 g/mol. The molecule has 7 heteroatoms. The molecule has 0 aromatic carbocycles. The average Bonchev–Trinajstić information content (AvgIpc) is 3.26. The number of likely N-dealkylation sites (tertiary alicyclic amines) is 1. The second-order valence-corrected chi connectivity index (χ2v) is 7.62. The fraction of sp³-hybridized carbons (Fsp3) is 0.895. The smallest absolute Gasteiger partial charge is 0.230 e. The van der Waals surface area contributed by atoms with Crippen molar-refractivity contribution in [3.8, 4) is 0 Å². The molecule has 1 saturated heterocycles. The zero-order chi connectivity index (χ0) is 18.3. The van der Waals surface area contributed by atoms with Crippen LogP contribution in [0, 0.1) is 11.3 Å². The van der Waals surface area contributed by atoms with Crippen molar-refractivity contribution in [2.24, 2.45) is 16.3 Å². The van der Waals surface area contributed by atoms with Crippen molar-refractivity contribution in [2.75, 3.05) is 53.5 Å². The fourth-order valence-electron chi connectivity index (χ4n) is 4.06. The molecule has 2 aliphatic rings. The topological polar surface area (TPSA) is 57.2 Å². The summed E-state index contributed by atoms with van der Waals surface area (Å²) in [5.41, 5.74) is -0.297. The number of amides is 1. The highest BCUT2D eigenvalue weighted by Crippen LogP contribution is 2.39. The van der Waals surface area contributed by atoms with Gasteiger partial charge in [-0.3, -0.25) is 9.79 Å². The molecule has 1 aliphatic carbocycles. The summed E-state index contributed by atoms with van der Waals surface area (Å²) < 4.78 is 5.58. The largest absolute Gasteiger partial charge is 0.381 e. The number of guanidine groups is 1. The van der Waals surface area contributed by atoms with Gasteiger partial charge >= 0.3 is 0 Å². The SMILES string of the molecule is CCNC(=NCC1(C(=O)N(C)C)CCCC1)N1CCC(COCC)C1.I. The van der Waals surface area contributed by atoms with E-state index in [-0.39, 0.29) is 35.3 Å². The van der Waals surface area contributed by atoms with Crippen LogP contribution in [0.3, 0.4) is 0 Å². The van der Waals surface area contributed by atoms with E-state index < -0.39 is 0 Å². The molecule has 1 aliphatic heterocycles. The molecule has 2 rings (SSSR count). The number of carbonyl (C=O) groups excluding carboxylic acids is 1. The van der Waals surface area contributed by atoms with Gasteiger partial charge in [0.25, 0.3) is 0 Å². The standard InChI is InChI=1S/C19H36N4O2.HI/c1-5-20-18(23-12-9-16(13-23)14-25-6-2)21-15-19(10-7-8-11-19)17(24)22(3)4;/h16H,5-15H2,1-4H3,(H,20,21);1H. The number of nitrogens with zero attached hydrogens (tertiary/aromatic N) is 3. The summed E-state index contributed by atoms with van der Waals surface area (Å²) in [6.07, 6.45) is 5.32. The number of hydrogen-bond donors (Lipinski definition) is 1. The minimum absolute atomic E-state index is 0. The Balaban J connectivity index is 0.00000338. The first-order valence-corrected chi connectivity index (χ1v) is 9.85. The van der Waals surface area contributed by atoms with Crippen molar-refractivity contribution in [3.63, 3.8) is 0 Å². The molecule has 1 N–H and O–H groups in total. The van der Waals surface area contributed by atoms with Gasteiger partial charge in [0, 0.05) is 46.3 Å². The van der Waals surface area contributed by atoms with Crippen molar-refractivity contribution in [1.29, 1.82) is 0 Å². The molecule has 1 saturated carbocycles. The molecule has 0 aromatic heterocycles. The molecule has 26 heavy (non-hydrogen) atoms. The summed E-state index contributed by atoms with van der Waals surface area (Å²) in [5.74, 6) is 1.77. The van der Waals surface area contributed by atoms with Crippen LogP contribution in [0.1, 0.15) is 46.0 Å². The fourth-order valence-corrected chi connectivity index (χ4v) is 4.06. The third-order valence-corrected chi connectivity index (χ3v) is 5.43. The van der Waals surface area contributed by atoms with E-state index in [1.54, 1.807) is 4.90 Å². The van der Waals surface area contributed by atoms with E-state index >= 15 is 0 Å². The maximum Gasteiger partial charge on any atom is 0.230 e. The van der Waals surface area contributed by atoms with Gasteiger partial charge < -0.3 is 19.9 Å². The van der Waals surface area contributed by atoms with Crippen LogP contribution in [0.5, 0.6) is 0 Å². The van der Waals surface area contributed by atoms with E-state index in [0.29, 0.717) is 12.5 Å². The lowest BCUT2D eigenvalue weighted by atomic mass is 9.85. The lowest BCUT2D eigenvalue weighted by molar-refractivity contribution is -0.138. The Hall–Kier alpha value is -0.570. The summed E-state index contributed by atoms with van der Waals surface area (Å²) in [6, 6.07) is 0. The zero-order valence-corrected chi connectivity index (χ0v) is 19.3. The minimum Gasteiger partial charge on any atom is -0.381 e. The van der Waals surface area contributed by atoms with Gasteiger partial charge in [0.2, 0.25) is 5.91 Å². The number of halogens is 1. The van der Waals surface area contributed by atoms with Crippen molar-refractivity contribution < 1.29 is 9.53 Å². The summed E-state index contributed by atoms with van der Waals surface area (Å²) in [7, 11) is 3.71. The van der Waals surface area contributed by atoms with Crippen molar-refractivity contribution in [1.82, 2.24) is 15.1 Å². The quantitative estimate of drug-likeness (QED) is 0.346. The van der Waals surface area contributed by atoms with Gasteiger partial charge in [-0.1, -0.05) is 12.8 Å². The predicted octanol–water partition coefficient (Wildman–Crippen LogP) is 2.58. The van der Waals surface area contributed by atoms with Crippen LogP contribution in [0.25, 0.3) is 0 Å². The van der Waals surface area contributed by atoms with Gasteiger partial charge in [-0.05, 0) is 33.1 Å².